The molecule has 0 aliphatic carbocycles. The van der Waals surface area contributed by atoms with Crippen LogP contribution in [0.5, 0.6) is 0 Å². The Hall–Kier alpha value is -0.490. The molecule has 2 atom stereocenters. The molecule has 1 fully saturated rings. The monoisotopic (exact) mass is 340 g/mol. The molecule has 2 rings (SSSR count). The van der Waals surface area contributed by atoms with Crippen LogP contribution in [0, 0.1) is 0 Å². The highest BCUT2D eigenvalue weighted by Gasteiger charge is 2.24. The number of nitrogens with zero attached hydrogens (tertiary/aromatic N) is 3. The van der Waals surface area contributed by atoms with Gasteiger partial charge in [0.1, 0.15) is 0 Å². The van der Waals surface area contributed by atoms with Crippen LogP contribution in [0.1, 0.15) is 12.1 Å². The Balaban J connectivity index is 1.92. The van der Waals surface area contributed by atoms with Crippen LogP contribution in [0.2, 0.25) is 0 Å². The highest BCUT2D eigenvalue weighted by atomic mass is 79.9. The van der Waals surface area contributed by atoms with Crippen molar-refractivity contribution in [3.63, 3.8) is 0 Å². The molecule has 5 heteroatoms. The smallest absolute Gasteiger partial charge is 0.0419 e. The van der Waals surface area contributed by atoms with E-state index in [0.717, 1.165) is 36.1 Å². The Labute approximate surface area is 130 Å². The summed E-state index contributed by atoms with van der Waals surface area (Å²) in [4.78, 5) is 9.39. The molecule has 0 amide bonds. The molecule has 0 spiro atoms. The molecule has 0 aromatic carbocycles. The zero-order chi connectivity index (χ0) is 14.5. The number of hydrogen-bond acceptors (Lipinski definition) is 4. The molecule has 20 heavy (non-hydrogen) atoms. The maximum atomic E-state index is 4.48. The van der Waals surface area contributed by atoms with Crippen LogP contribution in [0.3, 0.4) is 0 Å². The fourth-order valence-corrected chi connectivity index (χ4v) is 3.00. The largest absolute Gasteiger partial charge is 0.317 e. The van der Waals surface area contributed by atoms with E-state index in [2.05, 4.69) is 69.3 Å². The predicted molar refractivity (Wildman–Crippen MR) is 87.0 cm³/mol. The number of likely N-dealkylation sites (N-methyl/N-ethyl adjacent to an activating group) is 3. The Bertz CT molecular complexity index is 409. The van der Waals surface area contributed by atoms with Gasteiger partial charge in [-0.05, 0) is 55.6 Å². The van der Waals surface area contributed by atoms with Crippen molar-refractivity contribution in [3.05, 3.63) is 28.5 Å². The quantitative estimate of drug-likeness (QED) is 0.882. The van der Waals surface area contributed by atoms with Crippen LogP contribution in [0.25, 0.3) is 0 Å². The minimum Gasteiger partial charge on any atom is -0.317 e. The lowest BCUT2D eigenvalue weighted by Gasteiger charge is -2.39. The van der Waals surface area contributed by atoms with E-state index in [1.165, 1.54) is 6.54 Å². The summed E-state index contributed by atoms with van der Waals surface area (Å²) in [6, 6.07) is 5.27. The van der Waals surface area contributed by atoms with Gasteiger partial charge in [0.15, 0.2) is 0 Å². The summed E-state index contributed by atoms with van der Waals surface area (Å²) in [7, 11) is 6.50. The molecule has 0 bridgehead atoms. The van der Waals surface area contributed by atoms with Gasteiger partial charge in [-0.3, -0.25) is 4.98 Å². The maximum absolute atomic E-state index is 4.48. The minimum atomic E-state index is 0.475. The lowest BCUT2D eigenvalue weighted by molar-refractivity contribution is 0.101. The summed E-state index contributed by atoms with van der Waals surface area (Å²) in [5, 5.41) is 3.45. The molecule has 112 valence electrons. The lowest BCUT2D eigenvalue weighted by atomic mass is 9.99. The van der Waals surface area contributed by atoms with Crippen LogP contribution < -0.4 is 5.32 Å². The minimum absolute atomic E-state index is 0.475. The first-order chi connectivity index (χ1) is 9.58. The lowest BCUT2D eigenvalue weighted by Crippen LogP contribution is -2.52. The van der Waals surface area contributed by atoms with Crippen molar-refractivity contribution in [1.82, 2.24) is 20.1 Å². The Morgan fingerprint density at radius 2 is 2.20 bits per heavy atom. The van der Waals surface area contributed by atoms with E-state index in [1.807, 2.05) is 6.20 Å². The molecule has 2 unspecified atom stereocenters. The van der Waals surface area contributed by atoms with Gasteiger partial charge in [-0.1, -0.05) is 0 Å². The summed E-state index contributed by atoms with van der Waals surface area (Å²) in [6.45, 7) is 3.49. The Morgan fingerprint density at radius 3 is 2.85 bits per heavy atom. The fourth-order valence-electron chi connectivity index (χ4n) is 2.77. The van der Waals surface area contributed by atoms with E-state index >= 15 is 0 Å². The molecule has 2 heterocycles. The second-order valence-electron chi connectivity index (χ2n) is 5.79. The summed E-state index contributed by atoms with van der Waals surface area (Å²) >= 11 is 3.43. The second-order valence-corrected chi connectivity index (χ2v) is 6.71. The highest BCUT2D eigenvalue weighted by Crippen LogP contribution is 2.15. The number of nitrogens with one attached hydrogen (secondary N) is 1. The number of pyridine rings is 1. The zero-order valence-electron chi connectivity index (χ0n) is 12.6. The Morgan fingerprint density at radius 1 is 1.40 bits per heavy atom. The average molecular weight is 341 g/mol. The van der Waals surface area contributed by atoms with Crippen molar-refractivity contribution in [2.45, 2.75) is 24.9 Å². The molecule has 1 N–H and O–H groups in total. The van der Waals surface area contributed by atoms with Gasteiger partial charge in [-0.15, -0.1) is 0 Å². The SMILES string of the molecule is CNC(Cc1ccc(Br)cn1)CC1CN(C)CCN1C. The van der Waals surface area contributed by atoms with Crippen LogP contribution in [-0.2, 0) is 6.42 Å². The second kappa shape index (κ2) is 7.50. The van der Waals surface area contributed by atoms with E-state index in [4.69, 9.17) is 0 Å². The number of rotatable bonds is 5. The third-order valence-corrected chi connectivity index (χ3v) is 4.66. The van der Waals surface area contributed by atoms with E-state index in [0.29, 0.717) is 12.1 Å². The van der Waals surface area contributed by atoms with Crippen molar-refractivity contribution in [2.24, 2.45) is 0 Å². The van der Waals surface area contributed by atoms with Crippen LogP contribution in [0.15, 0.2) is 22.8 Å². The standard InChI is InChI=1S/C15H25BrN4/c1-17-14(8-13-5-4-12(16)10-18-13)9-15-11-19(2)6-7-20(15)3/h4-5,10,14-15,17H,6-9,11H2,1-3H3. The molecule has 0 radical (unpaired) electrons. The summed E-state index contributed by atoms with van der Waals surface area (Å²) in [5.74, 6) is 0. The van der Waals surface area contributed by atoms with Gasteiger partial charge in [-0.2, -0.15) is 0 Å². The van der Waals surface area contributed by atoms with Gasteiger partial charge in [-0.25, -0.2) is 0 Å². The third-order valence-electron chi connectivity index (χ3n) is 4.19. The molecule has 4 nitrogen and oxygen atoms in total. The van der Waals surface area contributed by atoms with Gasteiger partial charge in [0.25, 0.3) is 0 Å². The summed E-state index contributed by atoms with van der Waals surface area (Å²) in [6.07, 6.45) is 4.02. The average Bonchev–Trinajstić information content (AvgIpc) is 2.44. The molecule has 1 saturated heterocycles. The topological polar surface area (TPSA) is 31.4 Å². The van der Waals surface area contributed by atoms with Crippen molar-refractivity contribution in [1.29, 1.82) is 0 Å². The van der Waals surface area contributed by atoms with Crippen molar-refractivity contribution in [3.8, 4) is 0 Å². The number of aromatic nitrogens is 1. The number of piperazine rings is 1. The zero-order valence-corrected chi connectivity index (χ0v) is 14.2. The van der Waals surface area contributed by atoms with E-state index in [1.54, 1.807) is 0 Å². The molecular weight excluding hydrogens is 316 g/mol. The van der Waals surface area contributed by atoms with E-state index in [-0.39, 0.29) is 0 Å². The molecular formula is C15H25BrN4. The van der Waals surface area contributed by atoms with Gasteiger partial charge < -0.3 is 15.1 Å². The van der Waals surface area contributed by atoms with Gasteiger partial charge in [0.05, 0.1) is 0 Å². The molecule has 1 aliphatic heterocycles. The normalized spacial score (nSPS) is 22.9. The predicted octanol–water partition coefficient (Wildman–Crippen LogP) is 1.61. The fraction of sp³-hybridized carbons (Fsp3) is 0.667. The first-order valence-corrected chi connectivity index (χ1v) is 8.04. The van der Waals surface area contributed by atoms with Crippen LogP contribution in [-0.4, -0.2) is 67.6 Å². The van der Waals surface area contributed by atoms with Crippen molar-refractivity contribution in [2.75, 3.05) is 40.8 Å². The van der Waals surface area contributed by atoms with E-state index < -0.39 is 0 Å². The van der Waals surface area contributed by atoms with Gasteiger partial charge in [0.2, 0.25) is 0 Å². The summed E-state index contributed by atoms with van der Waals surface area (Å²) < 4.78 is 1.04. The molecule has 1 aromatic rings. The molecule has 1 aromatic heterocycles. The van der Waals surface area contributed by atoms with Crippen molar-refractivity contribution < 1.29 is 0 Å². The van der Waals surface area contributed by atoms with Gasteiger partial charge >= 0.3 is 0 Å². The molecule has 0 saturated carbocycles. The highest BCUT2D eigenvalue weighted by molar-refractivity contribution is 9.10. The summed E-state index contributed by atoms with van der Waals surface area (Å²) in [5.41, 5.74) is 1.15. The number of halogens is 1. The van der Waals surface area contributed by atoms with Gasteiger partial charge in [0, 0.05) is 54.5 Å². The number of hydrogen-bond donors (Lipinski definition) is 1. The van der Waals surface area contributed by atoms with E-state index in [9.17, 15) is 0 Å². The molecule has 1 aliphatic rings. The van der Waals surface area contributed by atoms with Crippen LogP contribution >= 0.6 is 15.9 Å². The third kappa shape index (κ3) is 4.52. The van der Waals surface area contributed by atoms with Crippen molar-refractivity contribution >= 4 is 15.9 Å². The van der Waals surface area contributed by atoms with Crippen LogP contribution in [0.4, 0.5) is 0 Å². The Kier molecular flexibility index (Phi) is 5.96. The first kappa shape index (κ1) is 15.9. The first-order valence-electron chi connectivity index (χ1n) is 7.25. The maximum Gasteiger partial charge on any atom is 0.0419 e.